The summed E-state index contributed by atoms with van der Waals surface area (Å²) < 4.78 is 16.7. The predicted octanol–water partition coefficient (Wildman–Crippen LogP) is 7.32. The van der Waals surface area contributed by atoms with Crippen LogP contribution in [0, 0.1) is 0 Å². The minimum absolute atomic E-state index is 0.691. The smallest absolute Gasteiger partial charge is 0.0701 e. The summed E-state index contributed by atoms with van der Waals surface area (Å²) in [5.74, 6) is 0. The summed E-state index contributed by atoms with van der Waals surface area (Å²) in [5, 5.41) is 0. The fourth-order valence-electron chi connectivity index (χ4n) is 3.22. The van der Waals surface area contributed by atoms with E-state index in [0.29, 0.717) is 19.8 Å². The third-order valence-corrected chi connectivity index (χ3v) is 5.03. The van der Waals surface area contributed by atoms with E-state index in [1.54, 1.807) is 0 Å². The molecule has 0 N–H and O–H groups in total. The first-order valence-corrected chi connectivity index (χ1v) is 12.1. The van der Waals surface area contributed by atoms with Gasteiger partial charge in [0.2, 0.25) is 0 Å². The number of unbranched alkanes of at least 4 members (excludes halogenated alkanes) is 14. The van der Waals surface area contributed by atoms with Crippen molar-refractivity contribution in [1.82, 2.24) is 0 Å². The highest BCUT2D eigenvalue weighted by Crippen LogP contribution is 2.11. The number of hydrogen-bond acceptors (Lipinski definition) is 3. The Morgan fingerprint density at radius 3 is 0.889 bits per heavy atom. The molecule has 0 radical (unpaired) electrons. The van der Waals surface area contributed by atoms with Crippen molar-refractivity contribution in [1.29, 1.82) is 0 Å². The highest BCUT2D eigenvalue weighted by atomic mass is 16.5. The zero-order valence-electron chi connectivity index (χ0n) is 18.8. The summed E-state index contributed by atoms with van der Waals surface area (Å²) in [5.41, 5.74) is 0. The predicted molar refractivity (Wildman–Crippen MR) is 118 cm³/mol. The first-order chi connectivity index (χ1) is 13.4. The second-order valence-electron chi connectivity index (χ2n) is 7.79. The van der Waals surface area contributed by atoms with Crippen LogP contribution in [-0.2, 0) is 14.2 Å². The van der Waals surface area contributed by atoms with Gasteiger partial charge in [-0.3, -0.25) is 0 Å². The molecule has 0 bridgehead atoms. The van der Waals surface area contributed by atoms with E-state index in [1.807, 2.05) is 0 Å². The molecule has 27 heavy (non-hydrogen) atoms. The summed E-state index contributed by atoms with van der Waals surface area (Å²) in [6.45, 7) is 9.10. The zero-order valence-corrected chi connectivity index (χ0v) is 18.8. The van der Waals surface area contributed by atoms with Gasteiger partial charge in [-0.25, -0.2) is 0 Å². The van der Waals surface area contributed by atoms with Gasteiger partial charge in [-0.2, -0.15) is 0 Å². The van der Waals surface area contributed by atoms with Gasteiger partial charge in [0.25, 0.3) is 0 Å². The number of rotatable bonds is 24. The fraction of sp³-hybridized carbons (Fsp3) is 1.00. The Bertz CT molecular complexity index is 222. The first-order valence-electron chi connectivity index (χ1n) is 12.1. The summed E-state index contributed by atoms with van der Waals surface area (Å²) in [7, 11) is 0. The van der Waals surface area contributed by atoms with Gasteiger partial charge < -0.3 is 14.2 Å². The minimum atomic E-state index is 0.691. The summed E-state index contributed by atoms with van der Waals surface area (Å²) in [6, 6.07) is 0. The maximum atomic E-state index is 5.63. The zero-order chi connectivity index (χ0) is 19.7. The standard InChI is InChI=1S/C24H50O3/c1-3-5-7-9-10-11-12-13-14-16-18-20-26-22-24-27-23-21-25-19-17-15-8-6-4-2/h3-24H2,1-2H3. The van der Waals surface area contributed by atoms with E-state index in [0.717, 1.165) is 19.8 Å². The van der Waals surface area contributed by atoms with Crippen LogP contribution < -0.4 is 0 Å². The van der Waals surface area contributed by atoms with E-state index >= 15 is 0 Å². The first kappa shape index (κ1) is 26.9. The van der Waals surface area contributed by atoms with Crippen LogP contribution in [0.2, 0.25) is 0 Å². The van der Waals surface area contributed by atoms with Crippen molar-refractivity contribution in [3.63, 3.8) is 0 Å². The Morgan fingerprint density at radius 2 is 0.556 bits per heavy atom. The van der Waals surface area contributed by atoms with Gasteiger partial charge >= 0.3 is 0 Å². The number of hydrogen-bond donors (Lipinski definition) is 0. The van der Waals surface area contributed by atoms with Crippen LogP contribution in [0.4, 0.5) is 0 Å². The maximum Gasteiger partial charge on any atom is 0.0701 e. The molecule has 0 aromatic rings. The van der Waals surface area contributed by atoms with Crippen LogP contribution in [0.3, 0.4) is 0 Å². The van der Waals surface area contributed by atoms with Crippen LogP contribution >= 0.6 is 0 Å². The van der Waals surface area contributed by atoms with Crippen LogP contribution in [-0.4, -0.2) is 39.6 Å². The fourth-order valence-corrected chi connectivity index (χ4v) is 3.22. The van der Waals surface area contributed by atoms with Crippen molar-refractivity contribution in [3.05, 3.63) is 0 Å². The summed E-state index contributed by atoms with van der Waals surface area (Å²) in [4.78, 5) is 0. The van der Waals surface area contributed by atoms with E-state index in [4.69, 9.17) is 14.2 Å². The monoisotopic (exact) mass is 386 g/mol. The van der Waals surface area contributed by atoms with Crippen molar-refractivity contribution < 1.29 is 14.2 Å². The Balaban J connectivity index is 2.95. The molecule has 0 aliphatic carbocycles. The average Bonchev–Trinajstić information content (AvgIpc) is 2.68. The lowest BCUT2D eigenvalue weighted by Crippen LogP contribution is -2.10. The quantitative estimate of drug-likeness (QED) is 0.163. The van der Waals surface area contributed by atoms with E-state index in [-0.39, 0.29) is 0 Å². The highest BCUT2D eigenvalue weighted by molar-refractivity contribution is 4.48. The van der Waals surface area contributed by atoms with E-state index in [2.05, 4.69) is 13.8 Å². The molecule has 0 aliphatic rings. The SMILES string of the molecule is CCCCCCCCCCCCCOCCOCCOCCCCCCC. The topological polar surface area (TPSA) is 27.7 Å². The van der Waals surface area contributed by atoms with Gasteiger partial charge in [0.05, 0.1) is 26.4 Å². The Hall–Kier alpha value is -0.120. The van der Waals surface area contributed by atoms with Crippen LogP contribution in [0.5, 0.6) is 0 Å². The molecule has 3 nitrogen and oxygen atoms in total. The van der Waals surface area contributed by atoms with Gasteiger partial charge in [0.1, 0.15) is 0 Å². The molecule has 0 saturated carbocycles. The van der Waals surface area contributed by atoms with E-state index in [9.17, 15) is 0 Å². The maximum absolute atomic E-state index is 5.63. The van der Waals surface area contributed by atoms with Crippen molar-refractivity contribution in [2.75, 3.05) is 39.6 Å². The summed E-state index contributed by atoms with van der Waals surface area (Å²) >= 11 is 0. The lowest BCUT2D eigenvalue weighted by atomic mass is 10.1. The highest BCUT2D eigenvalue weighted by Gasteiger charge is 1.95. The molecular weight excluding hydrogens is 336 g/mol. The van der Waals surface area contributed by atoms with Gasteiger partial charge in [-0.05, 0) is 12.8 Å². The van der Waals surface area contributed by atoms with Crippen molar-refractivity contribution >= 4 is 0 Å². The average molecular weight is 387 g/mol. The van der Waals surface area contributed by atoms with Crippen molar-refractivity contribution in [2.24, 2.45) is 0 Å². The largest absolute Gasteiger partial charge is 0.379 e. The molecule has 0 saturated heterocycles. The van der Waals surface area contributed by atoms with Crippen molar-refractivity contribution in [3.8, 4) is 0 Å². The molecule has 0 amide bonds. The van der Waals surface area contributed by atoms with Gasteiger partial charge in [-0.1, -0.05) is 104 Å². The van der Waals surface area contributed by atoms with E-state index < -0.39 is 0 Å². The Kier molecular flexibility index (Phi) is 25.8. The second-order valence-corrected chi connectivity index (χ2v) is 7.79. The van der Waals surface area contributed by atoms with Gasteiger partial charge in [0.15, 0.2) is 0 Å². The van der Waals surface area contributed by atoms with Gasteiger partial charge in [0, 0.05) is 13.2 Å². The molecule has 0 spiro atoms. The van der Waals surface area contributed by atoms with Gasteiger partial charge in [-0.15, -0.1) is 0 Å². The Labute approximate surface area is 170 Å². The number of ether oxygens (including phenoxy) is 3. The molecule has 0 fully saturated rings. The third-order valence-electron chi connectivity index (χ3n) is 5.03. The molecule has 3 heteroatoms. The molecule has 164 valence electrons. The van der Waals surface area contributed by atoms with E-state index in [1.165, 1.54) is 103 Å². The summed E-state index contributed by atoms with van der Waals surface area (Å²) in [6.07, 6.45) is 21.7. The molecule has 0 unspecified atom stereocenters. The molecular formula is C24H50O3. The normalized spacial score (nSPS) is 11.3. The van der Waals surface area contributed by atoms with Crippen LogP contribution in [0.25, 0.3) is 0 Å². The molecule has 0 aromatic carbocycles. The van der Waals surface area contributed by atoms with Crippen LogP contribution in [0.15, 0.2) is 0 Å². The molecule has 0 heterocycles. The lowest BCUT2D eigenvalue weighted by Gasteiger charge is -2.07. The third kappa shape index (κ3) is 25.9. The molecule has 0 atom stereocenters. The molecule has 0 rings (SSSR count). The minimum Gasteiger partial charge on any atom is -0.379 e. The Morgan fingerprint density at radius 1 is 0.296 bits per heavy atom. The molecule has 0 aliphatic heterocycles. The van der Waals surface area contributed by atoms with Crippen LogP contribution in [0.1, 0.15) is 117 Å². The van der Waals surface area contributed by atoms with Crippen molar-refractivity contribution in [2.45, 2.75) is 117 Å². The molecule has 0 aromatic heterocycles. The lowest BCUT2D eigenvalue weighted by molar-refractivity contribution is 0.0132. The second kappa shape index (κ2) is 25.9.